The van der Waals surface area contributed by atoms with Gasteiger partial charge in [0.2, 0.25) is 0 Å². The Bertz CT molecular complexity index is 397. The van der Waals surface area contributed by atoms with Crippen molar-refractivity contribution in [3.05, 3.63) is 28.8 Å². The molecule has 1 aliphatic rings. The van der Waals surface area contributed by atoms with Gasteiger partial charge in [-0.25, -0.2) is 0 Å². The highest BCUT2D eigenvalue weighted by Gasteiger charge is 2.25. The van der Waals surface area contributed by atoms with Crippen LogP contribution in [0.1, 0.15) is 30.5 Å². The number of hydrogen-bond donors (Lipinski definition) is 2. The molecule has 0 bridgehead atoms. The van der Waals surface area contributed by atoms with Gasteiger partial charge in [0.05, 0.1) is 0 Å². The predicted octanol–water partition coefficient (Wildman–Crippen LogP) is 1.20. The summed E-state index contributed by atoms with van der Waals surface area (Å²) in [5.74, 6) is 0.428. The van der Waals surface area contributed by atoms with Crippen molar-refractivity contribution in [1.82, 2.24) is 0 Å². The third-order valence-electron chi connectivity index (χ3n) is 3.62. The van der Waals surface area contributed by atoms with E-state index in [-0.39, 0.29) is 0 Å². The van der Waals surface area contributed by atoms with Crippen molar-refractivity contribution in [1.29, 1.82) is 0 Å². The van der Waals surface area contributed by atoms with E-state index in [1.54, 1.807) is 4.90 Å². The zero-order valence-corrected chi connectivity index (χ0v) is 11.8. The van der Waals surface area contributed by atoms with Gasteiger partial charge in [0.1, 0.15) is 37.6 Å². The normalized spacial score (nSPS) is 28.3. The largest absolute Gasteiger partial charge is 0.507 e. The number of rotatable bonds is 2. The summed E-state index contributed by atoms with van der Waals surface area (Å²) >= 11 is 0. The number of morpholine rings is 1. The molecule has 3 atom stereocenters. The maximum atomic E-state index is 9.79. The molecule has 1 aromatic rings. The number of aromatic hydroxyl groups is 1. The number of phenolic OH excluding ortho intramolecular Hbond substituents is 1. The summed E-state index contributed by atoms with van der Waals surface area (Å²) < 4.78 is 5.76. The van der Waals surface area contributed by atoms with Gasteiger partial charge in [-0.15, -0.1) is 0 Å². The first-order valence-corrected chi connectivity index (χ1v) is 6.74. The average Bonchev–Trinajstić information content (AvgIpc) is 2.24. The quantitative estimate of drug-likeness (QED) is 0.827. The van der Waals surface area contributed by atoms with Crippen molar-refractivity contribution in [3.63, 3.8) is 0 Å². The Morgan fingerprint density at radius 1 is 1.17 bits per heavy atom. The van der Waals surface area contributed by atoms with Crippen LogP contribution in [0.15, 0.2) is 12.1 Å². The second kappa shape index (κ2) is 5.29. The van der Waals surface area contributed by atoms with Gasteiger partial charge in [0, 0.05) is 5.56 Å². The first-order chi connectivity index (χ1) is 8.45. The Morgan fingerprint density at radius 2 is 1.67 bits per heavy atom. The Balaban J connectivity index is 2.09. The Labute approximate surface area is 109 Å². The van der Waals surface area contributed by atoms with E-state index in [0.717, 1.165) is 30.8 Å². The molecule has 1 unspecified atom stereocenters. The van der Waals surface area contributed by atoms with E-state index in [0.29, 0.717) is 18.0 Å². The van der Waals surface area contributed by atoms with Crippen molar-refractivity contribution >= 4 is 0 Å². The van der Waals surface area contributed by atoms with Gasteiger partial charge in [0.15, 0.2) is 0 Å². The minimum Gasteiger partial charge on any atom is -0.507 e. The fourth-order valence-electron chi connectivity index (χ4n) is 2.97. The van der Waals surface area contributed by atoms with E-state index < -0.39 is 0 Å². The van der Waals surface area contributed by atoms with E-state index in [1.165, 1.54) is 5.56 Å². The van der Waals surface area contributed by atoms with Crippen LogP contribution in [-0.2, 0) is 11.3 Å². The molecule has 0 aliphatic carbocycles. The van der Waals surface area contributed by atoms with Crippen LogP contribution in [0, 0.1) is 13.8 Å². The molecule has 2 rings (SSSR count). The minimum absolute atomic E-state index is 0.336. The fourth-order valence-corrected chi connectivity index (χ4v) is 2.97. The summed E-state index contributed by atoms with van der Waals surface area (Å²) in [4.78, 5) is 1.56. The van der Waals surface area contributed by atoms with E-state index in [9.17, 15) is 5.11 Å². The van der Waals surface area contributed by atoms with E-state index in [1.807, 2.05) is 13.8 Å². The molecule has 1 fully saturated rings. The third-order valence-corrected chi connectivity index (χ3v) is 3.62. The lowest BCUT2D eigenvalue weighted by atomic mass is 10.0. The van der Waals surface area contributed by atoms with Crippen molar-refractivity contribution in [2.75, 3.05) is 13.1 Å². The lowest BCUT2D eigenvalue weighted by Gasteiger charge is -2.32. The summed E-state index contributed by atoms with van der Waals surface area (Å²) in [5, 5.41) is 9.79. The molecular weight excluding hydrogens is 226 g/mol. The Hall–Kier alpha value is -1.06. The van der Waals surface area contributed by atoms with Crippen LogP contribution < -0.4 is 4.90 Å². The molecule has 1 aliphatic heterocycles. The monoisotopic (exact) mass is 250 g/mol. The molecule has 3 nitrogen and oxygen atoms in total. The van der Waals surface area contributed by atoms with Crippen molar-refractivity contribution in [3.8, 4) is 5.75 Å². The Morgan fingerprint density at radius 3 is 2.17 bits per heavy atom. The molecule has 0 amide bonds. The molecule has 2 N–H and O–H groups in total. The van der Waals surface area contributed by atoms with Crippen LogP contribution in [0.2, 0.25) is 0 Å². The van der Waals surface area contributed by atoms with Gasteiger partial charge >= 0.3 is 0 Å². The van der Waals surface area contributed by atoms with E-state index in [4.69, 9.17) is 4.74 Å². The number of aryl methyl sites for hydroxylation is 2. The van der Waals surface area contributed by atoms with Crippen molar-refractivity contribution in [2.45, 2.75) is 46.4 Å². The topological polar surface area (TPSA) is 33.9 Å². The molecule has 0 radical (unpaired) electrons. The van der Waals surface area contributed by atoms with Crippen molar-refractivity contribution in [2.24, 2.45) is 0 Å². The predicted molar refractivity (Wildman–Crippen MR) is 72.0 cm³/mol. The number of phenols is 1. The van der Waals surface area contributed by atoms with Gasteiger partial charge in [-0.3, -0.25) is 0 Å². The standard InChI is InChI=1S/C15H23NO2/c1-10-5-14(6-11(2)15(10)17)9-16-7-12(3)18-13(4)8-16/h5-6,12-13,17H,7-9H2,1-4H3/p+1/t12-,13+. The third kappa shape index (κ3) is 3.03. The molecule has 18 heavy (non-hydrogen) atoms. The van der Waals surface area contributed by atoms with E-state index >= 15 is 0 Å². The van der Waals surface area contributed by atoms with Crippen LogP contribution in [0.5, 0.6) is 5.75 Å². The maximum Gasteiger partial charge on any atom is 0.121 e. The number of hydrogen-bond acceptors (Lipinski definition) is 2. The minimum atomic E-state index is 0.336. The number of benzene rings is 1. The molecule has 1 aromatic carbocycles. The summed E-state index contributed by atoms with van der Waals surface area (Å²) in [6.07, 6.45) is 0.672. The highest BCUT2D eigenvalue weighted by Crippen LogP contribution is 2.22. The van der Waals surface area contributed by atoms with Crippen LogP contribution in [0.25, 0.3) is 0 Å². The second-order valence-corrected chi connectivity index (χ2v) is 5.67. The number of quaternary nitrogens is 1. The lowest BCUT2D eigenvalue weighted by molar-refractivity contribution is -0.928. The highest BCUT2D eigenvalue weighted by atomic mass is 16.5. The first-order valence-electron chi connectivity index (χ1n) is 6.74. The zero-order valence-electron chi connectivity index (χ0n) is 11.8. The molecule has 0 saturated carbocycles. The van der Waals surface area contributed by atoms with E-state index in [2.05, 4.69) is 26.0 Å². The molecular formula is C15H24NO2+. The number of nitrogens with one attached hydrogen (secondary N) is 1. The molecule has 100 valence electrons. The van der Waals surface area contributed by atoms with Crippen molar-refractivity contribution < 1.29 is 14.7 Å². The maximum absolute atomic E-state index is 9.79. The SMILES string of the molecule is Cc1cc(C[NH+]2C[C@@H](C)O[C@@H](C)C2)cc(C)c1O. The summed E-state index contributed by atoms with van der Waals surface area (Å²) in [6.45, 7) is 11.3. The lowest BCUT2D eigenvalue weighted by Crippen LogP contribution is -3.14. The Kier molecular flexibility index (Phi) is 3.93. The zero-order chi connectivity index (χ0) is 13.3. The van der Waals surface area contributed by atoms with Crippen LogP contribution in [-0.4, -0.2) is 30.4 Å². The smallest absolute Gasteiger partial charge is 0.121 e. The van der Waals surface area contributed by atoms with Gasteiger partial charge in [0.25, 0.3) is 0 Å². The second-order valence-electron chi connectivity index (χ2n) is 5.67. The first kappa shape index (κ1) is 13.4. The summed E-state index contributed by atoms with van der Waals surface area (Å²) in [5.41, 5.74) is 3.25. The summed E-state index contributed by atoms with van der Waals surface area (Å²) in [7, 11) is 0. The fraction of sp³-hybridized carbons (Fsp3) is 0.600. The van der Waals surface area contributed by atoms with Crippen LogP contribution in [0.3, 0.4) is 0 Å². The number of ether oxygens (including phenoxy) is 1. The van der Waals surface area contributed by atoms with Gasteiger partial charge < -0.3 is 14.7 Å². The molecule has 0 spiro atoms. The average molecular weight is 250 g/mol. The van der Waals surface area contributed by atoms with Gasteiger partial charge in [-0.2, -0.15) is 0 Å². The summed E-state index contributed by atoms with van der Waals surface area (Å²) in [6, 6.07) is 4.19. The van der Waals surface area contributed by atoms with Gasteiger partial charge in [-0.1, -0.05) is 0 Å². The highest BCUT2D eigenvalue weighted by molar-refractivity contribution is 5.41. The molecule has 3 heteroatoms. The van der Waals surface area contributed by atoms with Gasteiger partial charge in [-0.05, 0) is 51.0 Å². The van der Waals surface area contributed by atoms with Crippen LogP contribution in [0.4, 0.5) is 0 Å². The molecule has 0 aromatic heterocycles. The molecule has 1 saturated heterocycles. The molecule has 1 heterocycles. The van der Waals surface area contributed by atoms with Crippen LogP contribution >= 0.6 is 0 Å².